The number of benzene rings is 1. The van der Waals surface area contributed by atoms with Crippen molar-refractivity contribution in [1.82, 2.24) is 10.2 Å². The van der Waals surface area contributed by atoms with Gasteiger partial charge in [0.1, 0.15) is 6.04 Å². The van der Waals surface area contributed by atoms with Crippen molar-refractivity contribution in [2.45, 2.75) is 31.9 Å². The molecule has 1 aliphatic rings. The average molecular weight is 372 g/mol. The number of ether oxygens (including phenoxy) is 2. The zero-order valence-electron chi connectivity index (χ0n) is 14.4. The maximum atomic E-state index is 12.3. The molecule has 1 heterocycles. The Morgan fingerprint density at radius 2 is 2.15 bits per heavy atom. The Balaban J connectivity index is 1.81. The molecule has 2 N–H and O–H groups in total. The van der Waals surface area contributed by atoms with E-state index in [2.05, 4.69) is 10.1 Å². The number of nitrogens with zero attached hydrogens (tertiary/aromatic N) is 1. The number of amides is 1. The first-order chi connectivity index (χ1) is 12.4. The van der Waals surface area contributed by atoms with Crippen LogP contribution in [0, 0.1) is 0 Å². The van der Waals surface area contributed by atoms with Crippen LogP contribution in [0.2, 0.25) is 0 Å². The van der Waals surface area contributed by atoms with Crippen LogP contribution >= 0.6 is 0 Å². The lowest BCUT2D eigenvalue weighted by Crippen LogP contribution is -2.43. The van der Waals surface area contributed by atoms with Crippen LogP contribution in [0.1, 0.15) is 18.4 Å². The molecule has 26 heavy (non-hydrogen) atoms. The molecule has 1 saturated heterocycles. The summed E-state index contributed by atoms with van der Waals surface area (Å²) in [6, 6.07) is 3.98. The quantitative estimate of drug-likeness (QED) is 0.683. The molecular weight excluding hydrogens is 350 g/mol. The first kappa shape index (κ1) is 19.9. The predicted octanol–water partition coefficient (Wildman–Crippen LogP) is 1.50. The van der Waals surface area contributed by atoms with Gasteiger partial charge in [-0.1, -0.05) is 6.07 Å². The van der Waals surface area contributed by atoms with Crippen LogP contribution in [0.3, 0.4) is 0 Å². The fourth-order valence-electron chi connectivity index (χ4n) is 2.94. The summed E-state index contributed by atoms with van der Waals surface area (Å²) in [4.78, 5) is 24.7. The number of carboxylic acid groups (broad SMARTS) is 1. The van der Waals surface area contributed by atoms with E-state index in [0.29, 0.717) is 25.9 Å². The fraction of sp³-hybridized carbons (Fsp3) is 0.529. The molecule has 0 saturated carbocycles. The zero-order valence-corrected chi connectivity index (χ0v) is 14.4. The highest BCUT2D eigenvalue weighted by Crippen LogP contribution is 2.29. The second kappa shape index (κ2) is 9.33. The Labute approximate surface area is 149 Å². The molecule has 1 fully saturated rings. The number of hydrogen-bond acceptors (Lipinski definition) is 5. The van der Waals surface area contributed by atoms with E-state index in [9.17, 15) is 18.4 Å². The van der Waals surface area contributed by atoms with Crippen molar-refractivity contribution in [1.29, 1.82) is 0 Å². The topological polar surface area (TPSA) is 88.1 Å². The maximum Gasteiger partial charge on any atom is 0.387 e. The largest absolute Gasteiger partial charge is 0.493 e. The third-order valence-electron chi connectivity index (χ3n) is 4.18. The summed E-state index contributed by atoms with van der Waals surface area (Å²) < 4.78 is 34.0. The van der Waals surface area contributed by atoms with Crippen molar-refractivity contribution < 1.29 is 33.0 Å². The highest BCUT2D eigenvalue weighted by molar-refractivity contribution is 5.80. The number of nitrogens with one attached hydrogen (secondary N) is 1. The summed E-state index contributed by atoms with van der Waals surface area (Å²) in [6.45, 7) is -1.97. The molecule has 0 aromatic heterocycles. The molecule has 7 nitrogen and oxygen atoms in total. The van der Waals surface area contributed by atoms with Gasteiger partial charge in [0.25, 0.3) is 0 Å². The van der Waals surface area contributed by atoms with Crippen LogP contribution in [0.4, 0.5) is 8.78 Å². The lowest BCUT2D eigenvalue weighted by atomic mass is 10.1. The van der Waals surface area contributed by atoms with E-state index in [1.165, 1.54) is 13.2 Å². The van der Waals surface area contributed by atoms with Crippen LogP contribution in [-0.2, 0) is 16.0 Å². The fourth-order valence-corrected chi connectivity index (χ4v) is 2.94. The highest BCUT2D eigenvalue weighted by atomic mass is 19.3. The Kier molecular flexibility index (Phi) is 7.14. The number of aliphatic carboxylic acids is 1. The van der Waals surface area contributed by atoms with Gasteiger partial charge in [-0.2, -0.15) is 8.78 Å². The lowest BCUT2D eigenvalue weighted by molar-refractivity contribution is -0.142. The summed E-state index contributed by atoms with van der Waals surface area (Å²) in [5.41, 5.74) is 0.786. The molecule has 144 valence electrons. The molecule has 1 aliphatic heterocycles. The Hall–Kier alpha value is -2.42. The van der Waals surface area contributed by atoms with Crippen molar-refractivity contribution in [3.05, 3.63) is 23.8 Å². The van der Waals surface area contributed by atoms with Crippen molar-refractivity contribution in [2.75, 3.05) is 26.7 Å². The standard InChI is InChI=1S/C17H22F2N2O5/c1-25-14-9-11(4-5-13(14)26-17(18)19)6-7-20-15(22)10-21-8-2-3-12(21)16(23)24/h4-5,9,12,17H,2-3,6-8,10H2,1H3,(H,20,22)(H,23,24). The molecule has 1 aromatic rings. The number of carbonyl (C=O) groups is 2. The van der Waals surface area contributed by atoms with Gasteiger partial charge < -0.3 is 19.9 Å². The Bertz CT molecular complexity index is 642. The number of halogens is 2. The van der Waals surface area contributed by atoms with Crippen LogP contribution in [0.15, 0.2) is 18.2 Å². The summed E-state index contributed by atoms with van der Waals surface area (Å²) >= 11 is 0. The summed E-state index contributed by atoms with van der Waals surface area (Å²) in [6.07, 6.45) is 1.78. The first-order valence-electron chi connectivity index (χ1n) is 8.26. The summed E-state index contributed by atoms with van der Waals surface area (Å²) in [7, 11) is 1.36. The number of carboxylic acids is 1. The summed E-state index contributed by atoms with van der Waals surface area (Å²) in [5, 5.41) is 11.8. The molecule has 0 spiro atoms. The third-order valence-corrected chi connectivity index (χ3v) is 4.18. The molecule has 0 aliphatic carbocycles. The summed E-state index contributed by atoms with van der Waals surface area (Å²) in [5.74, 6) is -1.02. The molecule has 2 rings (SSSR count). The second-order valence-electron chi connectivity index (χ2n) is 5.93. The van der Waals surface area contributed by atoms with Gasteiger partial charge in [-0.3, -0.25) is 14.5 Å². The highest BCUT2D eigenvalue weighted by Gasteiger charge is 2.31. The van der Waals surface area contributed by atoms with Gasteiger partial charge in [-0.05, 0) is 43.5 Å². The van der Waals surface area contributed by atoms with Crippen molar-refractivity contribution in [3.63, 3.8) is 0 Å². The van der Waals surface area contributed by atoms with E-state index in [1.54, 1.807) is 17.0 Å². The van der Waals surface area contributed by atoms with Gasteiger partial charge in [0.15, 0.2) is 11.5 Å². The minimum absolute atomic E-state index is 0.0431. The van der Waals surface area contributed by atoms with E-state index in [4.69, 9.17) is 9.84 Å². The van der Waals surface area contributed by atoms with E-state index in [0.717, 1.165) is 12.0 Å². The number of alkyl halides is 2. The lowest BCUT2D eigenvalue weighted by Gasteiger charge is -2.20. The van der Waals surface area contributed by atoms with Crippen LogP contribution in [0.25, 0.3) is 0 Å². The predicted molar refractivity (Wildman–Crippen MR) is 88.6 cm³/mol. The van der Waals surface area contributed by atoms with Gasteiger partial charge in [0.2, 0.25) is 5.91 Å². The number of hydrogen-bond donors (Lipinski definition) is 2. The Morgan fingerprint density at radius 3 is 2.81 bits per heavy atom. The Morgan fingerprint density at radius 1 is 1.38 bits per heavy atom. The van der Waals surface area contributed by atoms with Crippen molar-refractivity contribution in [3.8, 4) is 11.5 Å². The molecule has 0 bridgehead atoms. The smallest absolute Gasteiger partial charge is 0.387 e. The minimum Gasteiger partial charge on any atom is -0.493 e. The van der Waals surface area contributed by atoms with E-state index in [1.807, 2.05) is 0 Å². The third kappa shape index (κ3) is 5.55. The number of methoxy groups -OCH3 is 1. The first-order valence-corrected chi connectivity index (χ1v) is 8.26. The number of carbonyl (C=O) groups excluding carboxylic acids is 1. The van der Waals surface area contributed by atoms with E-state index in [-0.39, 0.29) is 24.0 Å². The van der Waals surface area contributed by atoms with Crippen LogP contribution in [0.5, 0.6) is 11.5 Å². The van der Waals surface area contributed by atoms with Gasteiger partial charge in [-0.25, -0.2) is 0 Å². The molecule has 9 heteroatoms. The van der Waals surface area contributed by atoms with Crippen molar-refractivity contribution >= 4 is 11.9 Å². The molecule has 0 radical (unpaired) electrons. The molecule has 1 amide bonds. The van der Waals surface area contributed by atoms with E-state index < -0.39 is 18.6 Å². The number of likely N-dealkylation sites (tertiary alicyclic amines) is 1. The van der Waals surface area contributed by atoms with Gasteiger partial charge in [0.05, 0.1) is 13.7 Å². The SMILES string of the molecule is COc1cc(CCNC(=O)CN2CCCC2C(=O)O)ccc1OC(F)F. The molecule has 1 atom stereocenters. The van der Waals surface area contributed by atoms with Gasteiger partial charge in [-0.15, -0.1) is 0 Å². The van der Waals surface area contributed by atoms with E-state index >= 15 is 0 Å². The normalized spacial score (nSPS) is 17.3. The zero-order chi connectivity index (χ0) is 19.1. The van der Waals surface area contributed by atoms with Gasteiger partial charge >= 0.3 is 12.6 Å². The van der Waals surface area contributed by atoms with Crippen LogP contribution in [-0.4, -0.2) is 61.3 Å². The van der Waals surface area contributed by atoms with Crippen molar-refractivity contribution in [2.24, 2.45) is 0 Å². The maximum absolute atomic E-state index is 12.3. The average Bonchev–Trinajstić information content (AvgIpc) is 3.04. The van der Waals surface area contributed by atoms with Gasteiger partial charge in [0, 0.05) is 6.54 Å². The van der Waals surface area contributed by atoms with Crippen LogP contribution < -0.4 is 14.8 Å². The monoisotopic (exact) mass is 372 g/mol. The molecule has 1 aromatic carbocycles. The molecule has 1 unspecified atom stereocenters. The minimum atomic E-state index is -2.94. The second-order valence-corrected chi connectivity index (χ2v) is 5.93. The number of rotatable bonds is 9. The molecular formula is C17H22F2N2O5.